The Labute approximate surface area is 174 Å². The summed E-state index contributed by atoms with van der Waals surface area (Å²) in [5.41, 5.74) is 1.02. The van der Waals surface area contributed by atoms with Crippen molar-refractivity contribution in [2.45, 2.75) is 26.3 Å². The second-order valence-electron chi connectivity index (χ2n) is 6.89. The molecule has 0 aliphatic carbocycles. The number of aliphatic hydroxyl groups is 1. The summed E-state index contributed by atoms with van der Waals surface area (Å²) in [4.78, 5) is 38.2. The van der Waals surface area contributed by atoms with Crippen molar-refractivity contribution in [3.63, 3.8) is 0 Å². The first-order chi connectivity index (χ1) is 14.4. The molecule has 7 nitrogen and oxygen atoms in total. The van der Waals surface area contributed by atoms with Gasteiger partial charge in [-0.2, -0.15) is 0 Å². The number of esters is 1. The molecule has 30 heavy (non-hydrogen) atoms. The number of methoxy groups -OCH3 is 1. The second-order valence-corrected chi connectivity index (χ2v) is 6.89. The lowest BCUT2D eigenvalue weighted by Gasteiger charge is -2.25. The van der Waals surface area contributed by atoms with Gasteiger partial charge >= 0.3 is 5.97 Å². The van der Waals surface area contributed by atoms with Crippen molar-refractivity contribution in [2.24, 2.45) is 0 Å². The number of hydrogen-bond donors (Lipinski definition) is 1. The van der Waals surface area contributed by atoms with Crippen molar-refractivity contribution in [3.05, 3.63) is 65.2 Å². The van der Waals surface area contributed by atoms with Gasteiger partial charge in [0, 0.05) is 19.0 Å². The molecule has 0 spiro atoms. The van der Waals surface area contributed by atoms with E-state index in [1.54, 1.807) is 48.5 Å². The summed E-state index contributed by atoms with van der Waals surface area (Å²) in [5, 5.41) is 11.0. The molecule has 1 aliphatic rings. The number of ketones is 1. The number of nitrogens with zero attached hydrogens (tertiary/aromatic N) is 1. The monoisotopic (exact) mass is 409 g/mol. The summed E-state index contributed by atoms with van der Waals surface area (Å²) in [7, 11) is 1.50. The molecule has 156 valence electrons. The van der Waals surface area contributed by atoms with E-state index in [1.807, 2.05) is 6.92 Å². The van der Waals surface area contributed by atoms with Crippen LogP contribution in [0.5, 0.6) is 11.5 Å². The molecule has 0 saturated carbocycles. The summed E-state index contributed by atoms with van der Waals surface area (Å²) in [5.74, 6) is -1.23. The van der Waals surface area contributed by atoms with Crippen LogP contribution >= 0.6 is 0 Å². The van der Waals surface area contributed by atoms with Crippen molar-refractivity contribution < 1.29 is 29.0 Å². The van der Waals surface area contributed by atoms with Gasteiger partial charge < -0.3 is 19.5 Å². The second kappa shape index (κ2) is 8.82. The molecule has 1 heterocycles. The molecule has 2 aromatic rings. The number of carbonyl (C=O) groups excluding carboxylic acids is 3. The molecule has 7 heteroatoms. The Kier molecular flexibility index (Phi) is 6.20. The first-order valence-corrected chi connectivity index (χ1v) is 9.58. The first kappa shape index (κ1) is 21.1. The molecular weight excluding hydrogens is 386 g/mol. The number of aliphatic hydroxyl groups excluding tert-OH is 1. The van der Waals surface area contributed by atoms with Crippen molar-refractivity contribution in [1.29, 1.82) is 0 Å². The van der Waals surface area contributed by atoms with Crippen LogP contribution in [0.2, 0.25) is 0 Å². The van der Waals surface area contributed by atoms with Crippen molar-refractivity contribution in [3.8, 4) is 11.5 Å². The molecule has 3 rings (SSSR count). The number of likely N-dealkylation sites (tertiary alicyclic amines) is 1. The fourth-order valence-corrected chi connectivity index (χ4v) is 3.51. The summed E-state index contributed by atoms with van der Waals surface area (Å²) in [6, 6.07) is 12.4. The van der Waals surface area contributed by atoms with Gasteiger partial charge in [-0.05, 0) is 36.2 Å². The lowest BCUT2D eigenvalue weighted by atomic mass is 9.95. The third kappa shape index (κ3) is 4.05. The number of Topliss-reactive ketones (excluding diaryl/α,β-unsaturated/α-hetero) is 1. The van der Waals surface area contributed by atoms with E-state index in [0.717, 1.165) is 0 Å². The van der Waals surface area contributed by atoms with E-state index in [2.05, 4.69) is 0 Å². The zero-order valence-electron chi connectivity index (χ0n) is 17.0. The SMILES string of the molecule is CCCN1C(=O)C(=O)/C(=C(\O)c2cccc(OC)c2)C1c1ccc(OC(C)=O)cc1. The first-order valence-electron chi connectivity index (χ1n) is 9.58. The zero-order valence-corrected chi connectivity index (χ0v) is 17.0. The Morgan fingerprint density at radius 3 is 2.40 bits per heavy atom. The van der Waals surface area contributed by atoms with Crippen molar-refractivity contribution in [1.82, 2.24) is 4.90 Å². The Bertz CT molecular complexity index is 1010. The van der Waals surface area contributed by atoms with Gasteiger partial charge in [-0.25, -0.2) is 0 Å². The van der Waals surface area contributed by atoms with Gasteiger partial charge in [-0.3, -0.25) is 14.4 Å². The van der Waals surface area contributed by atoms with E-state index in [9.17, 15) is 19.5 Å². The van der Waals surface area contributed by atoms with Gasteiger partial charge in [-0.15, -0.1) is 0 Å². The normalized spacial score (nSPS) is 17.8. The topological polar surface area (TPSA) is 93.1 Å². The van der Waals surface area contributed by atoms with Crippen LogP contribution in [0.3, 0.4) is 0 Å². The maximum atomic E-state index is 12.8. The minimum atomic E-state index is -0.748. The van der Waals surface area contributed by atoms with Crippen molar-refractivity contribution >= 4 is 23.4 Å². The number of carbonyl (C=O) groups is 3. The molecule has 1 fully saturated rings. The molecular formula is C23H23NO6. The van der Waals surface area contributed by atoms with Crippen LogP contribution in [0.4, 0.5) is 0 Å². The Balaban J connectivity index is 2.12. The van der Waals surface area contributed by atoms with E-state index >= 15 is 0 Å². The van der Waals surface area contributed by atoms with E-state index in [4.69, 9.17) is 9.47 Å². The molecule has 1 atom stereocenters. The molecule has 0 radical (unpaired) electrons. The lowest BCUT2D eigenvalue weighted by molar-refractivity contribution is -0.139. The molecule has 1 aliphatic heterocycles. The number of ether oxygens (including phenoxy) is 2. The highest BCUT2D eigenvalue weighted by Gasteiger charge is 2.45. The third-order valence-corrected chi connectivity index (χ3v) is 4.81. The van der Waals surface area contributed by atoms with Crippen LogP contribution in [0.15, 0.2) is 54.1 Å². The van der Waals surface area contributed by atoms with E-state index in [0.29, 0.717) is 35.6 Å². The smallest absolute Gasteiger partial charge is 0.308 e. The van der Waals surface area contributed by atoms with Gasteiger partial charge in [0.25, 0.3) is 11.7 Å². The largest absolute Gasteiger partial charge is 0.507 e. The maximum absolute atomic E-state index is 12.8. The average molecular weight is 409 g/mol. The van der Waals surface area contributed by atoms with Crippen LogP contribution < -0.4 is 9.47 Å². The van der Waals surface area contributed by atoms with Crippen LogP contribution in [-0.2, 0) is 14.4 Å². The van der Waals surface area contributed by atoms with Gasteiger partial charge in [0.1, 0.15) is 17.3 Å². The minimum Gasteiger partial charge on any atom is -0.507 e. The predicted octanol–water partition coefficient (Wildman–Crippen LogP) is 3.45. The Hall–Kier alpha value is -3.61. The summed E-state index contributed by atoms with van der Waals surface area (Å²) < 4.78 is 10.3. The van der Waals surface area contributed by atoms with Crippen LogP contribution in [-0.4, -0.2) is 41.3 Å². The number of benzene rings is 2. The molecule has 0 bridgehead atoms. The minimum absolute atomic E-state index is 0.0157. The number of amides is 1. The molecule has 1 unspecified atom stereocenters. The molecule has 2 aromatic carbocycles. The fourth-order valence-electron chi connectivity index (χ4n) is 3.51. The quantitative estimate of drug-likeness (QED) is 0.258. The zero-order chi connectivity index (χ0) is 21.8. The highest BCUT2D eigenvalue weighted by atomic mass is 16.5. The highest BCUT2D eigenvalue weighted by Crippen LogP contribution is 2.40. The maximum Gasteiger partial charge on any atom is 0.308 e. The Morgan fingerprint density at radius 2 is 1.80 bits per heavy atom. The molecule has 1 saturated heterocycles. The number of rotatable bonds is 6. The predicted molar refractivity (Wildman–Crippen MR) is 110 cm³/mol. The van der Waals surface area contributed by atoms with Gasteiger partial charge in [0.05, 0.1) is 18.7 Å². The van der Waals surface area contributed by atoms with E-state index in [1.165, 1.54) is 18.9 Å². The van der Waals surface area contributed by atoms with Gasteiger partial charge in [0.2, 0.25) is 0 Å². The van der Waals surface area contributed by atoms with Gasteiger partial charge in [0.15, 0.2) is 0 Å². The summed E-state index contributed by atoms with van der Waals surface area (Å²) in [6.07, 6.45) is 0.647. The Morgan fingerprint density at radius 1 is 1.10 bits per heavy atom. The van der Waals surface area contributed by atoms with E-state index in [-0.39, 0.29) is 11.3 Å². The summed E-state index contributed by atoms with van der Waals surface area (Å²) >= 11 is 0. The average Bonchev–Trinajstić information content (AvgIpc) is 2.98. The van der Waals surface area contributed by atoms with Crippen LogP contribution in [0.1, 0.15) is 37.4 Å². The molecule has 1 amide bonds. The van der Waals surface area contributed by atoms with E-state index < -0.39 is 23.7 Å². The summed E-state index contributed by atoms with van der Waals surface area (Å²) in [6.45, 7) is 3.57. The lowest BCUT2D eigenvalue weighted by Crippen LogP contribution is -2.30. The number of hydrogen-bond acceptors (Lipinski definition) is 6. The molecule has 1 N–H and O–H groups in total. The van der Waals surface area contributed by atoms with Gasteiger partial charge in [-0.1, -0.05) is 31.2 Å². The van der Waals surface area contributed by atoms with Crippen molar-refractivity contribution in [2.75, 3.05) is 13.7 Å². The van der Waals surface area contributed by atoms with Crippen LogP contribution in [0.25, 0.3) is 5.76 Å². The highest BCUT2D eigenvalue weighted by molar-refractivity contribution is 6.46. The standard InChI is InChI=1S/C23H23NO6/c1-4-12-24-20(15-8-10-17(11-9-15)30-14(2)25)19(22(27)23(24)28)21(26)16-6-5-7-18(13-16)29-3/h5-11,13,20,26H,4,12H2,1-3H3/b21-19-. The molecule has 0 aromatic heterocycles. The van der Waals surface area contributed by atoms with Crippen LogP contribution in [0, 0.1) is 0 Å². The third-order valence-electron chi connectivity index (χ3n) is 4.81. The fraction of sp³-hybridized carbons (Fsp3) is 0.261.